The van der Waals surface area contributed by atoms with Crippen LogP contribution in [0.5, 0.6) is 0 Å². The van der Waals surface area contributed by atoms with Crippen LogP contribution in [-0.2, 0) is 0 Å². The number of para-hydroxylation sites is 1. The molecule has 3 aromatic rings. The summed E-state index contributed by atoms with van der Waals surface area (Å²) in [6, 6.07) is 11.5. The minimum atomic E-state index is 0.580. The lowest BCUT2D eigenvalue weighted by Crippen LogP contribution is -2.03. The third kappa shape index (κ3) is 1.70. The minimum absolute atomic E-state index is 0.580. The Bertz CT molecular complexity index is 855. The molecule has 5 heteroatoms. The van der Waals surface area contributed by atoms with Crippen molar-refractivity contribution in [1.29, 1.82) is 5.26 Å². The van der Waals surface area contributed by atoms with E-state index in [-0.39, 0.29) is 0 Å². The van der Waals surface area contributed by atoms with Crippen LogP contribution < -0.4 is 5.73 Å². The summed E-state index contributed by atoms with van der Waals surface area (Å²) in [4.78, 5) is 4.56. The van der Waals surface area contributed by atoms with Crippen LogP contribution in [0.15, 0.2) is 30.3 Å². The quantitative estimate of drug-likeness (QED) is 0.731. The van der Waals surface area contributed by atoms with Gasteiger partial charge in [0.2, 0.25) is 0 Å². The molecule has 0 unspecified atom stereocenters. The number of nitrogen functional groups attached to an aromatic ring is 1. The highest BCUT2D eigenvalue weighted by Crippen LogP contribution is 2.23. The molecule has 3 rings (SSSR count). The van der Waals surface area contributed by atoms with E-state index in [4.69, 9.17) is 5.73 Å². The van der Waals surface area contributed by atoms with Gasteiger partial charge in [0, 0.05) is 11.5 Å². The number of hydrogen-bond donors (Lipinski definition) is 1. The number of nitriles is 1. The van der Waals surface area contributed by atoms with Gasteiger partial charge in [-0.05, 0) is 19.9 Å². The van der Waals surface area contributed by atoms with Gasteiger partial charge in [-0.2, -0.15) is 10.4 Å². The molecule has 0 aliphatic heterocycles. The number of rotatable bonds is 1. The summed E-state index contributed by atoms with van der Waals surface area (Å²) in [5, 5.41) is 14.5. The summed E-state index contributed by atoms with van der Waals surface area (Å²) in [6.07, 6.45) is 0. The van der Waals surface area contributed by atoms with Crippen LogP contribution in [-0.4, -0.2) is 14.8 Å². The molecule has 5 nitrogen and oxygen atoms in total. The van der Waals surface area contributed by atoms with Gasteiger partial charge in [0.25, 0.3) is 0 Å². The van der Waals surface area contributed by atoms with Crippen molar-refractivity contribution in [2.75, 3.05) is 5.73 Å². The number of anilines is 1. The highest BCUT2D eigenvalue weighted by atomic mass is 15.3. The van der Waals surface area contributed by atoms with Crippen molar-refractivity contribution in [3.63, 3.8) is 0 Å². The molecule has 0 aliphatic rings. The second-order valence-electron chi connectivity index (χ2n) is 4.65. The molecule has 0 spiro atoms. The Hall–Kier alpha value is -2.87. The molecular weight excluding hydrogens is 250 g/mol. The zero-order chi connectivity index (χ0) is 14.3. The van der Waals surface area contributed by atoms with Crippen molar-refractivity contribution in [3.05, 3.63) is 47.3 Å². The molecule has 2 N–H and O–H groups in total. The Morgan fingerprint density at radius 2 is 2.00 bits per heavy atom. The molecule has 0 bridgehead atoms. The molecule has 0 saturated carbocycles. The van der Waals surface area contributed by atoms with Crippen LogP contribution in [0, 0.1) is 25.2 Å². The average molecular weight is 263 g/mol. The van der Waals surface area contributed by atoms with Gasteiger partial charge in [-0.3, -0.25) is 0 Å². The second kappa shape index (κ2) is 4.35. The molecule has 2 heterocycles. The standard InChI is InChI=1S/C15H13N5/c1-9-15(17)10(2)20(19-9)14-7-11(8-16)12-5-3-4-6-13(12)18-14/h3-7H,17H2,1-2H3. The fourth-order valence-electron chi connectivity index (χ4n) is 2.24. The lowest BCUT2D eigenvalue weighted by atomic mass is 10.1. The number of nitrogens with zero attached hydrogens (tertiary/aromatic N) is 4. The van der Waals surface area contributed by atoms with E-state index < -0.39 is 0 Å². The van der Waals surface area contributed by atoms with Crippen LogP contribution in [0.1, 0.15) is 17.0 Å². The Morgan fingerprint density at radius 1 is 1.25 bits per heavy atom. The van der Waals surface area contributed by atoms with E-state index >= 15 is 0 Å². The summed E-state index contributed by atoms with van der Waals surface area (Å²) >= 11 is 0. The molecule has 0 aliphatic carbocycles. The highest BCUT2D eigenvalue weighted by Gasteiger charge is 2.13. The first-order valence-electron chi connectivity index (χ1n) is 6.24. The van der Waals surface area contributed by atoms with E-state index in [9.17, 15) is 5.26 Å². The number of nitrogens with two attached hydrogens (primary N) is 1. The fraction of sp³-hybridized carbons (Fsp3) is 0.133. The van der Waals surface area contributed by atoms with Crippen LogP contribution in [0.2, 0.25) is 0 Å². The maximum absolute atomic E-state index is 9.30. The van der Waals surface area contributed by atoms with E-state index in [2.05, 4.69) is 16.2 Å². The number of aryl methyl sites for hydroxylation is 1. The summed E-state index contributed by atoms with van der Waals surface area (Å²) in [5.41, 5.74) is 9.54. The van der Waals surface area contributed by atoms with Gasteiger partial charge in [0.15, 0.2) is 5.82 Å². The first kappa shape index (κ1) is 12.2. The Balaban J connectivity index is 2.32. The first-order valence-corrected chi connectivity index (χ1v) is 6.24. The number of fused-ring (bicyclic) bond motifs is 1. The average Bonchev–Trinajstić information content (AvgIpc) is 2.73. The molecule has 98 valence electrons. The zero-order valence-electron chi connectivity index (χ0n) is 11.3. The SMILES string of the molecule is Cc1nn(-c2cc(C#N)c3ccccc3n2)c(C)c1N. The lowest BCUT2D eigenvalue weighted by molar-refractivity contribution is 0.810. The van der Waals surface area contributed by atoms with Crippen molar-refractivity contribution in [2.45, 2.75) is 13.8 Å². The normalized spacial score (nSPS) is 10.7. The minimum Gasteiger partial charge on any atom is -0.396 e. The highest BCUT2D eigenvalue weighted by molar-refractivity contribution is 5.85. The third-order valence-corrected chi connectivity index (χ3v) is 3.39. The van der Waals surface area contributed by atoms with Crippen molar-refractivity contribution < 1.29 is 0 Å². The fourth-order valence-corrected chi connectivity index (χ4v) is 2.24. The van der Waals surface area contributed by atoms with E-state index in [1.807, 2.05) is 38.1 Å². The summed E-state index contributed by atoms with van der Waals surface area (Å²) in [6.45, 7) is 3.74. The predicted molar refractivity (Wildman–Crippen MR) is 77.5 cm³/mol. The maximum Gasteiger partial charge on any atom is 0.155 e. The van der Waals surface area contributed by atoms with Gasteiger partial charge in [0.1, 0.15) is 0 Å². The molecule has 20 heavy (non-hydrogen) atoms. The summed E-state index contributed by atoms with van der Waals surface area (Å²) in [5.74, 6) is 0.609. The number of aromatic nitrogens is 3. The Morgan fingerprint density at radius 3 is 2.65 bits per heavy atom. The largest absolute Gasteiger partial charge is 0.396 e. The summed E-state index contributed by atoms with van der Waals surface area (Å²) in [7, 11) is 0. The molecular formula is C15H13N5. The molecule has 1 aromatic carbocycles. The zero-order valence-corrected chi connectivity index (χ0v) is 11.3. The smallest absolute Gasteiger partial charge is 0.155 e. The van der Waals surface area contributed by atoms with Crippen molar-refractivity contribution in [3.8, 4) is 11.9 Å². The number of hydrogen-bond acceptors (Lipinski definition) is 4. The van der Waals surface area contributed by atoms with Gasteiger partial charge in [0.05, 0.1) is 34.2 Å². The molecule has 0 atom stereocenters. The molecule has 0 fully saturated rings. The number of pyridine rings is 1. The van der Waals surface area contributed by atoms with E-state index in [0.717, 1.165) is 22.3 Å². The van der Waals surface area contributed by atoms with Gasteiger partial charge < -0.3 is 5.73 Å². The number of benzene rings is 1. The monoisotopic (exact) mass is 263 g/mol. The second-order valence-corrected chi connectivity index (χ2v) is 4.65. The molecule has 0 saturated heterocycles. The van der Waals surface area contributed by atoms with E-state index in [0.29, 0.717) is 17.1 Å². The van der Waals surface area contributed by atoms with Crippen molar-refractivity contribution in [1.82, 2.24) is 14.8 Å². The van der Waals surface area contributed by atoms with Gasteiger partial charge in [-0.25, -0.2) is 9.67 Å². The van der Waals surface area contributed by atoms with Crippen LogP contribution in [0.3, 0.4) is 0 Å². The van der Waals surface area contributed by atoms with Crippen LogP contribution in [0.4, 0.5) is 5.69 Å². The molecule has 0 amide bonds. The van der Waals surface area contributed by atoms with Gasteiger partial charge in [-0.1, -0.05) is 18.2 Å². The van der Waals surface area contributed by atoms with Gasteiger partial charge in [-0.15, -0.1) is 0 Å². The van der Waals surface area contributed by atoms with Crippen molar-refractivity contribution >= 4 is 16.6 Å². The third-order valence-electron chi connectivity index (χ3n) is 3.39. The molecule has 2 aromatic heterocycles. The Kier molecular flexibility index (Phi) is 2.65. The topological polar surface area (TPSA) is 80.5 Å². The van der Waals surface area contributed by atoms with E-state index in [1.165, 1.54) is 0 Å². The van der Waals surface area contributed by atoms with Crippen LogP contribution >= 0.6 is 0 Å². The van der Waals surface area contributed by atoms with Gasteiger partial charge >= 0.3 is 0 Å². The maximum atomic E-state index is 9.30. The Labute approximate surface area is 116 Å². The lowest BCUT2D eigenvalue weighted by Gasteiger charge is -2.06. The van der Waals surface area contributed by atoms with Crippen molar-refractivity contribution in [2.24, 2.45) is 0 Å². The predicted octanol–water partition coefficient (Wildman–Crippen LogP) is 2.49. The first-order chi connectivity index (χ1) is 9.61. The van der Waals surface area contributed by atoms with E-state index in [1.54, 1.807) is 10.7 Å². The molecule has 0 radical (unpaired) electrons. The van der Waals surface area contributed by atoms with Crippen LogP contribution in [0.25, 0.3) is 16.7 Å². The summed E-state index contributed by atoms with van der Waals surface area (Å²) < 4.78 is 1.68.